The monoisotopic (exact) mass is 474 g/mol. The van der Waals surface area contributed by atoms with E-state index in [1.165, 1.54) is 24.3 Å². The Morgan fingerprint density at radius 2 is 2.06 bits per heavy atom. The van der Waals surface area contributed by atoms with E-state index in [4.69, 9.17) is 20.8 Å². The van der Waals surface area contributed by atoms with Crippen molar-refractivity contribution < 1.29 is 23.3 Å². The molecule has 4 rings (SSSR count). The molecule has 4 aromatic rings. The van der Waals surface area contributed by atoms with Crippen molar-refractivity contribution in [2.75, 3.05) is 11.6 Å². The van der Waals surface area contributed by atoms with E-state index in [0.29, 0.717) is 21.0 Å². The third kappa shape index (κ3) is 4.90. The molecule has 0 radical (unpaired) electrons. The minimum atomic E-state index is -0.692. The van der Waals surface area contributed by atoms with Crippen LogP contribution < -0.4 is 9.75 Å². The van der Waals surface area contributed by atoms with Crippen molar-refractivity contribution in [3.8, 4) is 5.75 Å². The van der Waals surface area contributed by atoms with E-state index < -0.39 is 22.5 Å². The highest BCUT2D eigenvalue weighted by Crippen LogP contribution is 2.30. The molecule has 0 saturated carbocycles. The van der Waals surface area contributed by atoms with Gasteiger partial charge < -0.3 is 9.15 Å². The second-order valence-electron chi connectivity index (χ2n) is 6.23. The van der Waals surface area contributed by atoms with Gasteiger partial charge in [-0.15, -0.1) is 0 Å². The average Bonchev–Trinajstić information content (AvgIpc) is 3.40. The highest BCUT2D eigenvalue weighted by Gasteiger charge is 2.21. The van der Waals surface area contributed by atoms with E-state index in [0.717, 1.165) is 28.6 Å². The SMILES string of the molecule is O=C(COc1ccc(Cl)cc1)N(/N=C/c1ccc([N+](=O)[O-])o1)c1nc2ccc(F)cc2s1. The van der Waals surface area contributed by atoms with Crippen molar-refractivity contribution in [1.82, 2.24) is 4.98 Å². The van der Waals surface area contributed by atoms with Crippen LogP contribution in [0.15, 0.2) is 64.1 Å². The molecule has 0 unspecified atom stereocenters. The zero-order valence-corrected chi connectivity index (χ0v) is 17.5. The fraction of sp³-hybridized carbons (Fsp3) is 0.0500. The molecule has 0 aliphatic heterocycles. The molecule has 9 nitrogen and oxygen atoms in total. The van der Waals surface area contributed by atoms with Gasteiger partial charge in [0.1, 0.15) is 16.5 Å². The van der Waals surface area contributed by atoms with Crippen LogP contribution in [0.1, 0.15) is 5.76 Å². The fourth-order valence-electron chi connectivity index (χ4n) is 2.56. The zero-order valence-electron chi connectivity index (χ0n) is 16.0. The van der Waals surface area contributed by atoms with Crippen LogP contribution in [0.5, 0.6) is 5.75 Å². The third-order valence-corrected chi connectivity index (χ3v) is 5.27. The summed E-state index contributed by atoms with van der Waals surface area (Å²) in [5.74, 6) is -1.02. The van der Waals surface area contributed by atoms with E-state index in [1.54, 1.807) is 24.3 Å². The normalized spacial score (nSPS) is 11.2. The number of nitro groups is 1. The van der Waals surface area contributed by atoms with Crippen LogP contribution in [0.3, 0.4) is 0 Å². The van der Waals surface area contributed by atoms with Gasteiger partial charge >= 0.3 is 5.88 Å². The summed E-state index contributed by atoms with van der Waals surface area (Å²) in [5, 5.41) is 16.5. The Labute approximate surface area is 188 Å². The van der Waals surface area contributed by atoms with Gasteiger partial charge in [0, 0.05) is 5.02 Å². The lowest BCUT2D eigenvalue weighted by molar-refractivity contribution is -0.402. The van der Waals surface area contributed by atoms with E-state index in [1.807, 2.05) is 0 Å². The van der Waals surface area contributed by atoms with Crippen molar-refractivity contribution in [3.05, 3.63) is 81.3 Å². The van der Waals surface area contributed by atoms with Crippen LogP contribution in [0.25, 0.3) is 10.2 Å². The maximum atomic E-state index is 13.6. The molecule has 2 aromatic heterocycles. The maximum Gasteiger partial charge on any atom is 0.433 e. The Kier molecular flexibility index (Phi) is 6.10. The summed E-state index contributed by atoms with van der Waals surface area (Å²) in [7, 11) is 0. The average molecular weight is 475 g/mol. The number of aromatic nitrogens is 1. The molecule has 32 heavy (non-hydrogen) atoms. The molecule has 1 amide bonds. The van der Waals surface area contributed by atoms with Gasteiger partial charge in [0.2, 0.25) is 5.13 Å². The lowest BCUT2D eigenvalue weighted by atomic mass is 10.3. The summed E-state index contributed by atoms with van der Waals surface area (Å²) in [6.45, 7) is -0.387. The van der Waals surface area contributed by atoms with Crippen LogP contribution >= 0.6 is 22.9 Å². The number of furan rings is 1. The van der Waals surface area contributed by atoms with Crippen molar-refractivity contribution >= 4 is 56.3 Å². The molecule has 0 atom stereocenters. The summed E-state index contributed by atoms with van der Waals surface area (Å²) in [5.41, 5.74) is 0.478. The number of rotatable bonds is 7. The first kappa shape index (κ1) is 21.4. The van der Waals surface area contributed by atoms with Gasteiger partial charge in [0.25, 0.3) is 5.91 Å². The highest BCUT2D eigenvalue weighted by molar-refractivity contribution is 7.22. The fourth-order valence-corrected chi connectivity index (χ4v) is 3.65. The quantitative estimate of drug-likeness (QED) is 0.211. The predicted octanol–water partition coefficient (Wildman–Crippen LogP) is 5.04. The number of thiazole rings is 1. The van der Waals surface area contributed by atoms with Gasteiger partial charge in [-0.3, -0.25) is 14.9 Å². The summed E-state index contributed by atoms with van der Waals surface area (Å²) in [6.07, 6.45) is 1.14. The molecule has 0 N–H and O–H groups in total. The molecule has 12 heteroatoms. The molecule has 162 valence electrons. The molecule has 0 saturated heterocycles. The Morgan fingerprint density at radius 3 is 2.78 bits per heavy atom. The number of carbonyl (C=O) groups is 1. The van der Waals surface area contributed by atoms with Gasteiger partial charge in [-0.2, -0.15) is 10.1 Å². The minimum Gasteiger partial charge on any atom is -0.484 e. The number of hydrogen-bond donors (Lipinski definition) is 0. The minimum absolute atomic E-state index is 0.0558. The van der Waals surface area contributed by atoms with Gasteiger partial charge in [-0.25, -0.2) is 9.37 Å². The lowest BCUT2D eigenvalue weighted by Crippen LogP contribution is -2.30. The van der Waals surface area contributed by atoms with Crippen molar-refractivity contribution in [2.45, 2.75) is 0 Å². The molecular formula is C20H12ClFN4O5S. The highest BCUT2D eigenvalue weighted by atomic mass is 35.5. The van der Waals surface area contributed by atoms with Gasteiger partial charge in [0.05, 0.1) is 22.5 Å². The molecule has 2 aromatic carbocycles. The predicted molar refractivity (Wildman–Crippen MR) is 117 cm³/mol. The van der Waals surface area contributed by atoms with E-state index >= 15 is 0 Å². The molecular weight excluding hydrogens is 463 g/mol. The second kappa shape index (κ2) is 9.12. The number of anilines is 1. The summed E-state index contributed by atoms with van der Waals surface area (Å²) < 4.78 is 24.6. The first-order valence-corrected chi connectivity index (χ1v) is 10.1. The maximum absolute atomic E-state index is 13.6. The molecule has 0 bridgehead atoms. The number of carbonyl (C=O) groups excluding carboxylic acids is 1. The Hall–Kier alpha value is -3.83. The topological polar surface area (TPSA) is 111 Å². The number of halogens is 2. The summed E-state index contributed by atoms with van der Waals surface area (Å²) in [6, 6.07) is 13.0. The van der Waals surface area contributed by atoms with Crippen LogP contribution in [0.4, 0.5) is 15.4 Å². The van der Waals surface area contributed by atoms with E-state index in [9.17, 15) is 19.3 Å². The summed E-state index contributed by atoms with van der Waals surface area (Å²) >= 11 is 6.89. The van der Waals surface area contributed by atoms with E-state index in [-0.39, 0.29) is 17.5 Å². The first-order valence-electron chi connectivity index (χ1n) is 8.95. The largest absolute Gasteiger partial charge is 0.484 e. The molecule has 0 spiro atoms. The number of ether oxygens (including phenoxy) is 1. The van der Waals surface area contributed by atoms with Crippen LogP contribution in [0, 0.1) is 15.9 Å². The van der Waals surface area contributed by atoms with Crippen LogP contribution in [-0.2, 0) is 4.79 Å². The lowest BCUT2D eigenvalue weighted by Gasteiger charge is -2.14. The summed E-state index contributed by atoms with van der Waals surface area (Å²) in [4.78, 5) is 27.3. The standard InChI is InChI=1S/C20H12ClFN4O5S/c21-12-1-4-14(5-2-12)30-11-18(27)25(23-10-15-6-8-19(31-15)26(28)29)20-24-16-7-3-13(22)9-17(16)32-20/h1-10H,11H2/b23-10+. The third-order valence-electron chi connectivity index (χ3n) is 4.03. The van der Waals surface area contributed by atoms with E-state index in [2.05, 4.69) is 10.1 Å². The number of hydrazone groups is 1. The molecule has 0 aliphatic carbocycles. The Balaban J connectivity index is 1.61. The van der Waals surface area contributed by atoms with Crippen LogP contribution in [0.2, 0.25) is 5.02 Å². The number of amides is 1. The van der Waals surface area contributed by atoms with Gasteiger partial charge in [0.15, 0.2) is 12.4 Å². The number of benzene rings is 2. The zero-order chi connectivity index (χ0) is 22.7. The van der Waals surface area contributed by atoms with Crippen molar-refractivity contribution in [2.24, 2.45) is 5.10 Å². The van der Waals surface area contributed by atoms with Crippen molar-refractivity contribution in [1.29, 1.82) is 0 Å². The number of nitrogens with zero attached hydrogens (tertiary/aromatic N) is 4. The Bertz CT molecular complexity index is 1320. The smallest absolute Gasteiger partial charge is 0.433 e. The van der Waals surface area contributed by atoms with Crippen molar-refractivity contribution in [3.63, 3.8) is 0 Å². The number of fused-ring (bicyclic) bond motifs is 1. The second-order valence-corrected chi connectivity index (χ2v) is 7.68. The number of hydrogen-bond acceptors (Lipinski definition) is 8. The first-order chi connectivity index (χ1) is 15.4. The van der Waals surface area contributed by atoms with Gasteiger partial charge in [-0.05, 0) is 48.5 Å². The van der Waals surface area contributed by atoms with Gasteiger partial charge in [-0.1, -0.05) is 22.9 Å². The van der Waals surface area contributed by atoms with Crippen LogP contribution in [-0.4, -0.2) is 28.6 Å². The molecule has 0 aliphatic rings. The Morgan fingerprint density at radius 1 is 1.28 bits per heavy atom. The molecule has 2 heterocycles. The molecule has 0 fully saturated rings.